The lowest BCUT2D eigenvalue weighted by Crippen LogP contribution is -2.18. The van der Waals surface area contributed by atoms with Gasteiger partial charge < -0.3 is 10.1 Å². The highest BCUT2D eigenvalue weighted by atomic mass is 32.1. The van der Waals surface area contributed by atoms with Gasteiger partial charge in [0.1, 0.15) is 6.61 Å². The van der Waals surface area contributed by atoms with Crippen LogP contribution in [0, 0.1) is 0 Å². The van der Waals surface area contributed by atoms with Crippen LogP contribution in [0.2, 0.25) is 0 Å². The zero-order valence-corrected chi connectivity index (χ0v) is 11.9. The Balaban J connectivity index is 2.64. The Hall–Kier alpha value is -0.870. The van der Waals surface area contributed by atoms with Crippen molar-refractivity contribution < 1.29 is 31.1 Å². The summed E-state index contributed by atoms with van der Waals surface area (Å²) in [6, 6.07) is 0. The lowest BCUT2D eigenvalue weighted by atomic mass is 10.3. The molecule has 1 heterocycles. The molecular weight excluding hydrogens is 322 g/mol. The summed E-state index contributed by atoms with van der Waals surface area (Å²) in [7, 11) is 0. The van der Waals surface area contributed by atoms with Crippen molar-refractivity contribution in [2.75, 3.05) is 19.8 Å². The van der Waals surface area contributed by atoms with Crippen LogP contribution in [0.1, 0.15) is 22.5 Å². The highest BCUT2D eigenvalue weighted by Gasteiger charge is 2.37. The molecule has 0 amide bonds. The summed E-state index contributed by atoms with van der Waals surface area (Å²) >= 11 is 0.829. The van der Waals surface area contributed by atoms with Crippen molar-refractivity contribution >= 4 is 11.3 Å². The minimum Gasteiger partial charge on any atom is -0.372 e. The highest BCUT2D eigenvalue weighted by Crippen LogP contribution is 2.34. The van der Waals surface area contributed by atoms with Gasteiger partial charge in [-0.3, -0.25) is 0 Å². The van der Waals surface area contributed by atoms with Gasteiger partial charge >= 0.3 is 12.4 Å². The van der Waals surface area contributed by atoms with E-state index in [2.05, 4.69) is 15.0 Å². The first-order chi connectivity index (χ1) is 9.63. The molecule has 0 spiro atoms. The minimum atomic E-state index is -4.58. The molecular formula is C11H14F6N2OS. The molecule has 10 heteroatoms. The quantitative estimate of drug-likeness (QED) is 0.612. The van der Waals surface area contributed by atoms with Gasteiger partial charge in [-0.2, -0.15) is 26.3 Å². The topological polar surface area (TPSA) is 34.1 Å². The van der Waals surface area contributed by atoms with E-state index in [0.717, 1.165) is 11.3 Å². The van der Waals surface area contributed by atoms with Crippen molar-refractivity contribution in [1.29, 1.82) is 0 Å². The number of alkyl halides is 6. The van der Waals surface area contributed by atoms with Crippen LogP contribution in [0.25, 0.3) is 0 Å². The van der Waals surface area contributed by atoms with Crippen LogP contribution in [0.15, 0.2) is 0 Å². The fraction of sp³-hybridized carbons (Fsp3) is 0.727. The number of rotatable bonds is 7. The van der Waals surface area contributed by atoms with E-state index in [4.69, 9.17) is 0 Å². The van der Waals surface area contributed by atoms with Crippen LogP contribution in [0.3, 0.4) is 0 Å². The van der Waals surface area contributed by atoms with Crippen LogP contribution in [-0.4, -0.2) is 30.9 Å². The summed E-state index contributed by atoms with van der Waals surface area (Å²) in [5.74, 6) is 0. The van der Waals surface area contributed by atoms with Crippen molar-refractivity contribution in [2.24, 2.45) is 0 Å². The summed E-state index contributed by atoms with van der Waals surface area (Å²) < 4.78 is 78.2. The number of nitrogens with zero attached hydrogens (tertiary/aromatic N) is 1. The maximum Gasteiger partial charge on any atom is 0.434 e. The Morgan fingerprint density at radius 1 is 1.19 bits per heavy atom. The Labute approximate surface area is 121 Å². The fourth-order valence-corrected chi connectivity index (χ4v) is 2.47. The summed E-state index contributed by atoms with van der Waals surface area (Å²) in [5.41, 5.74) is -0.987. The van der Waals surface area contributed by atoms with E-state index in [9.17, 15) is 26.3 Å². The minimum absolute atomic E-state index is 0.0203. The first-order valence-corrected chi connectivity index (χ1v) is 6.86. The van der Waals surface area contributed by atoms with E-state index in [-0.39, 0.29) is 29.5 Å². The van der Waals surface area contributed by atoms with E-state index >= 15 is 0 Å². The Kier molecular flexibility index (Phi) is 6.41. The third-order valence-corrected chi connectivity index (χ3v) is 3.39. The third-order valence-electron chi connectivity index (χ3n) is 2.27. The van der Waals surface area contributed by atoms with E-state index < -0.39 is 24.7 Å². The normalized spacial score (nSPS) is 12.9. The van der Waals surface area contributed by atoms with Crippen LogP contribution < -0.4 is 5.32 Å². The van der Waals surface area contributed by atoms with Crippen molar-refractivity contribution in [1.82, 2.24) is 10.3 Å². The van der Waals surface area contributed by atoms with Gasteiger partial charge in [-0.1, -0.05) is 6.92 Å². The average Bonchev–Trinajstić information content (AvgIpc) is 2.74. The predicted molar refractivity (Wildman–Crippen MR) is 65.1 cm³/mol. The fourth-order valence-electron chi connectivity index (χ4n) is 1.43. The Morgan fingerprint density at radius 2 is 1.86 bits per heavy atom. The lowest BCUT2D eigenvalue weighted by molar-refractivity contribution is -0.173. The summed E-state index contributed by atoms with van der Waals surface area (Å²) in [6.45, 7) is 0.519. The highest BCUT2D eigenvalue weighted by molar-refractivity contribution is 7.11. The number of aromatic nitrogens is 1. The molecule has 1 aromatic rings. The van der Waals surface area contributed by atoms with Crippen molar-refractivity contribution in [3.05, 3.63) is 15.6 Å². The van der Waals surface area contributed by atoms with E-state index in [0.29, 0.717) is 6.54 Å². The molecule has 0 aliphatic carbocycles. The van der Waals surface area contributed by atoms with Gasteiger partial charge in [0.05, 0.1) is 16.5 Å². The zero-order chi connectivity index (χ0) is 16.1. The molecule has 0 aliphatic rings. The number of ether oxygens (including phenoxy) is 1. The third kappa shape index (κ3) is 6.62. The van der Waals surface area contributed by atoms with Crippen LogP contribution >= 0.6 is 11.3 Å². The van der Waals surface area contributed by atoms with Gasteiger partial charge in [0, 0.05) is 13.0 Å². The van der Waals surface area contributed by atoms with Crippen LogP contribution in [-0.2, 0) is 23.9 Å². The van der Waals surface area contributed by atoms with Gasteiger partial charge in [0.25, 0.3) is 0 Å². The molecule has 0 unspecified atom stereocenters. The standard InChI is InChI=1S/C11H14F6N2OS/c1-2-18-5-7-9(11(15,16)17)19-8(21-7)3-4-20-6-10(12,13)14/h18H,2-6H2,1H3. The molecule has 0 saturated carbocycles. The Bertz CT molecular complexity index is 443. The molecule has 0 aliphatic heterocycles. The second-order valence-corrected chi connectivity index (χ2v) is 5.24. The lowest BCUT2D eigenvalue weighted by Gasteiger charge is -2.06. The van der Waals surface area contributed by atoms with Crippen molar-refractivity contribution in [2.45, 2.75) is 32.2 Å². The number of hydrogen-bond acceptors (Lipinski definition) is 4. The largest absolute Gasteiger partial charge is 0.434 e. The summed E-state index contributed by atoms with van der Waals surface area (Å²) in [5, 5.41) is 2.88. The molecule has 0 aromatic carbocycles. The maximum absolute atomic E-state index is 12.8. The number of thiazole rings is 1. The molecule has 0 atom stereocenters. The smallest absolute Gasteiger partial charge is 0.372 e. The van der Waals surface area contributed by atoms with Gasteiger partial charge in [0.2, 0.25) is 0 Å². The zero-order valence-electron chi connectivity index (χ0n) is 11.1. The molecule has 21 heavy (non-hydrogen) atoms. The van der Waals surface area contributed by atoms with Gasteiger partial charge in [0.15, 0.2) is 5.69 Å². The molecule has 122 valence electrons. The second kappa shape index (κ2) is 7.41. The Morgan fingerprint density at radius 3 is 2.38 bits per heavy atom. The summed E-state index contributed by atoms with van der Waals surface area (Å²) in [6.07, 6.45) is -9.11. The maximum atomic E-state index is 12.8. The van der Waals surface area contributed by atoms with Crippen molar-refractivity contribution in [3.8, 4) is 0 Å². The van der Waals surface area contributed by atoms with Crippen LogP contribution in [0.5, 0.6) is 0 Å². The van der Waals surface area contributed by atoms with E-state index in [1.54, 1.807) is 6.92 Å². The summed E-state index contributed by atoms with van der Waals surface area (Å²) in [4.78, 5) is 3.48. The van der Waals surface area contributed by atoms with Gasteiger partial charge in [-0.05, 0) is 6.54 Å². The van der Waals surface area contributed by atoms with Gasteiger partial charge in [-0.25, -0.2) is 4.98 Å². The molecule has 0 bridgehead atoms. The predicted octanol–water partition coefficient (Wildman–Crippen LogP) is 3.39. The molecule has 0 saturated heterocycles. The number of halogens is 6. The molecule has 0 radical (unpaired) electrons. The molecule has 1 aromatic heterocycles. The van der Waals surface area contributed by atoms with Crippen LogP contribution in [0.4, 0.5) is 26.3 Å². The molecule has 3 nitrogen and oxygen atoms in total. The molecule has 1 N–H and O–H groups in total. The van der Waals surface area contributed by atoms with Gasteiger partial charge in [-0.15, -0.1) is 11.3 Å². The second-order valence-electron chi connectivity index (χ2n) is 4.08. The monoisotopic (exact) mass is 336 g/mol. The van der Waals surface area contributed by atoms with E-state index in [1.807, 2.05) is 0 Å². The van der Waals surface area contributed by atoms with Crippen molar-refractivity contribution in [3.63, 3.8) is 0 Å². The molecule has 0 fully saturated rings. The number of hydrogen-bond donors (Lipinski definition) is 1. The average molecular weight is 336 g/mol. The molecule has 1 rings (SSSR count). The number of nitrogens with one attached hydrogen (secondary N) is 1. The first kappa shape index (κ1) is 18.2. The van der Waals surface area contributed by atoms with E-state index in [1.165, 1.54) is 0 Å². The first-order valence-electron chi connectivity index (χ1n) is 6.04. The SMILES string of the molecule is CCNCc1sc(CCOCC(F)(F)F)nc1C(F)(F)F.